The van der Waals surface area contributed by atoms with Crippen molar-refractivity contribution < 1.29 is 4.42 Å². The van der Waals surface area contributed by atoms with E-state index in [2.05, 4.69) is 114 Å². The molecule has 0 aliphatic rings. The third kappa shape index (κ3) is 2.49. The molecule has 9 rings (SSSR count). The fourth-order valence-corrected chi connectivity index (χ4v) is 7.43. The molecular weight excluding hydrogens is 470 g/mol. The van der Waals surface area contributed by atoms with Crippen molar-refractivity contribution >= 4 is 86.0 Å². The molecule has 3 aromatic heterocycles. The number of para-hydroxylation sites is 2. The van der Waals surface area contributed by atoms with Crippen molar-refractivity contribution in [3.63, 3.8) is 0 Å². The van der Waals surface area contributed by atoms with Gasteiger partial charge in [0.25, 0.3) is 0 Å². The molecule has 6 aromatic carbocycles. The van der Waals surface area contributed by atoms with Crippen LogP contribution in [0.3, 0.4) is 0 Å². The average Bonchev–Trinajstić information content (AvgIpc) is 3.62. The summed E-state index contributed by atoms with van der Waals surface area (Å²) < 4.78 is 11.5. The van der Waals surface area contributed by atoms with Crippen LogP contribution in [0.2, 0.25) is 0 Å². The third-order valence-corrected chi connectivity index (χ3v) is 9.01. The molecule has 0 bridgehead atoms. The topological polar surface area (TPSA) is 18.1 Å². The molecule has 0 amide bonds. The lowest BCUT2D eigenvalue weighted by atomic mass is 10.0. The number of hydrogen-bond acceptors (Lipinski definition) is 2. The fourth-order valence-electron chi connectivity index (χ4n) is 6.22. The lowest BCUT2D eigenvalue weighted by Crippen LogP contribution is -1.93. The first kappa shape index (κ1) is 19.6. The number of nitrogens with zero attached hydrogens (tertiary/aromatic N) is 1. The predicted octanol–water partition coefficient (Wildman–Crippen LogP) is 10.2. The van der Waals surface area contributed by atoms with Crippen LogP contribution in [-0.2, 0) is 0 Å². The Bertz CT molecular complexity index is 2370. The number of aromatic nitrogens is 1. The Morgan fingerprint density at radius 2 is 1.19 bits per heavy atom. The van der Waals surface area contributed by atoms with Crippen molar-refractivity contribution in [3.8, 4) is 5.69 Å². The molecule has 9 aromatic rings. The summed E-state index contributed by atoms with van der Waals surface area (Å²) in [6.45, 7) is 0. The summed E-state index contributed by atoms with van der Waals surface area (Å²) in [4.78, 5) is 0. The summed E-state index contributed by atoms with van der Waals surface area (Å²) >= 11 is 1.88. The summed E-state index contributed by atoms with van der Waals surface area (Å²) in [5.74, 6) is 0. The van der Waals surface area contributed by atoms with Gasteiger partial charge in [-0.2, -0.15) is 0 Å². The molecule has 0 saturated heterocycles. The molecule has 2 nitrogen and oxygen atoms in total. The van der Waals surface area contributed by atoms with E-state index in [9.17, 15) is 0 Å². The van der Waals surface area contributed by atoms with Crippen LogP contribution in [-0.4, -0.2) is 4.57 Å². The van der Waals surface area contributed by atoms with Crippen LogP contribution >= 0.6 is 11.3 Å². The van der Waals surface area contributed by atoms with Gasteiger partial charge in [0.05, 0.1) is 21.4 Å². The fraction of sp³-hybridized carbons (Fsp3) is 0. The molecule has 0 unspecified atom stereocenters. The highest BCUT2D eigenvalue weighted by molar-refractivity contribution is 7.26. The van der Waals surface area contributed by atoms with Gasteiger partial charge < -0.3 is 8.98 Å². The van der Waals surface area contributed by atoms with Crippen LogP contribution in [0.5, 0.6) is 0 Å². The maximum atomic E-state index is 6.40. The summed E-state index contributed by atoms with van der Waals surface area (Å²) in [5, 5.41) is 9.88. The summed E-state index contributed by atoms with van der Waals surface area (Å²) in [7, 11) is 0. The maximum absolute atomic E-state index is 6.40. The number of thiophene rings is 1. The van der Waals surface area contributed by atoms with Gasteiger partial charge in [-0.15, -0.1) is 11.3 Å². The van der Waals surface area contributed by atoms with Gasteiger partial charge in [0, 0.05) is 42.4 Å². The van der Waals surface area contributed by atoms with Crippen LogP contribution in [0.4, 0.5) is 0 Å². The normalized spacial score (nSPS) is 12.3. The average molecular weight is 490 g/mol. The molecule has 0 aliphatic carbocycles. The van der Waals surface area contributed by atoms with E-state index in [1.54, 1.807) is 0 Å². The van der Waals surface area contributed by atoms with E-state index in [4.69, 9.17) is 4.42 Å². The zero-order valence-electron chi connectivity index (χ0n) is 19.7. The lowest BCUT2D eigenvalue weighted by Gasteiger charge is -2.10. The Morgan fingerprint density at radius 3 is 2.14 bits per heavy atom. The molecule has 0 fully saturated rings. The monoisotopic (exact) mass is 489 g/mol. The molecule has 0 N–H and O–H groups in total. The molecule has 172 valence electrons. The van der Waals surface area contributed by atoms with E-state index in [0.29, 0.717) is 0 Å². The van der Waals surface area contributed by atoms with Crippen LogP contribution in [0.15, 0.2) is 120 Å². The molecule has 37 heavy (non-hydrogen) atoms. The van der Waals surface area contributed by atoms with Crippen LogP contribution in [0, 0.1) is 0 Å². The first-order valence-electron chi connectivity index (χ1n) is 12.5. The van der Waals surface area contributed by atoms with Crippen molar-refractivity contribution in [1.29, 1.82) is 0 Å². The molecule has 0 atom stereocenters. The van der Waals surface area contributed by atoms with E-state index in [1.807, 2.05) is 17.4 Å². The van der Waals surface area contributed by atoms with E-state index < -0.39 is 0 Å². The third-order valence-electron chi connectivity index (χ3n) is 7.80. The summed E-state index contributed by atoms with van der Waals surface area (Å²) in [5.41, 5.74) is 5.57. The van der Waals surface area contributed by atoms with Crippen molar-refractivity contribution in [2.45, 2.75) is 0 Å². The van der Waals surface area contributed by atoms with Gasteiger partial charge in [-0.25, -0.2) is 0 Å². The van der Waals surface area contributed by atoms with Crippen molar-refractivity contribution in [3.05, 3.63) is 115 Å². The van der Waals surface area contributed by atoms with E-state index in [0.717, 1.165) is 16.6 Å². The van der Waals surface area contributed by atoms with Gasteiger partial charge in [-0.05, 0) is 47.9 Å². The highest BCUT2D eigenvalue weighted by Gasteiger charge is 2.19. The zero-order chi connectivity index (χ0) is 24.1. The van der Waals surface area contributed by atoms with Crippen molar-refractivity contribution in [2.24, 2.45) is 0 Å². The molecular formula is C34H19NOS. The number of furan rings is 1. The highest BCUT2D eigenvalue weighted by Crippen LogP contribution is 2.43. The van der Waals surface area contributed by atoms with E-state index in [-0.39, 0.29) is 0 Å². The minimum absolute atomic E-state index is 0.934. The minimum atomic E-state index is 0.934. The van der Waals surface area contributed by atoms with Crippen LogP contribution < -0.4 is 0 Å². The number of benzene rings is 6. The van der Waals surface area contributed by atoms with Crippen LogP contribution in [0.25, 0.3) is 80.4 Å². The summed E-state index contributed by atoms with van der Waals surface area (Å²) in [6, 6.07) is 41.5. The second-order valence-corrected chi connectivity index (χ2v) is 10.8. The van der Waals surface area contributed by atoms with E-state index >= 15 is 0 Å². The number of fused-ring (bicyclic) bond motifs is 12. The smallest absolute Gasteiger partial charge is 0.143 e. The predicted molar refractivity (Wildman–Crippen MR) is 158 cm³/mol. The summed E-state index contributed by atoms with van der Waals surface area (Å²) in [6.07, 6.45) is 0. The van der Waals surface area contributed by atoms with E-state index in [1.165, 1.54) is 63.8 Å². The maximum Gasteiger partial charge on any atom is 0.143 e. The SMILES string of the molecule is c1ccc2c(c1)oc1c2ccc2c1ccc1c2c2ccccc2n1-c1cccc2c1sc1ccccc12. The van der Waals surface area contributed by atoms with Gasteiger partial charge >= 0.3 is 0 Å². The Kier molecular flexibility index (Phi) is 3.70. The number of rotatable bonds is 1. The molecule has 0 saturated carbocycles. The standard InChI is InChI=1S/C34H19NOS/c1-4-12-27-26(10-1)32-22-16-17-23-20-8-2-5-14-30(20)36-33(23)24(22)18-19-28(32)35(27)29-13-7-11-25-21-9-3-6-15-31(21)37-34(25)29/h1-19H. The second-order valence-electron chi connectivity index (χ2n) is 9.70. The van der Waals surface area contributed by atoms with Gasteiger partial charge in [-0.3, -0.25) is 0 Å². The molecule has 0 radical (unpaired) electrons. The van der Waals surface area contributed by atoms with Gasteiger partial charge in [-0.1, -0.05) is 72.8 Å². The highest BCUT2D eigenvalue weighted by atomic mass is 32.1. The van der Waals surface area contributed by atoms with Gasteiger partial charge in [0.1, 0.15) is 11.2 Å². The van der Waals surface area contributed by atoms with Crippen molar-refractivity contribution in [1.82, 2.24) is 4.57 Å². The molecule has 0 aliphatic heterocycles. The molecule has 3 heteroatoms. The minimum Gasteiger partial charge on any atom is -0.455 e. The largest absolute Gasteiger partial charge is 0.455 e. The second kappa shape index (κ2) is 7.00. The molecule has 0 spiro atoms. The Hall–Kier alpha value is -4.60. The van der Waals surface area contributed by atoms with Gasteiger partial charge in [0.15, 0.2) is 0 Å². The first-order valence-corrected chi connectivity index (χ1v) is 13.4. The van der Waals surface area contributed by atoms with Crippen LogP contribution in [0.1, 0.15) is 0 Å². The zero-order valence-corrected chi connectivity index (χ0v) is 20.5. The Labute approximate surface area is 215 Å². The first-order chi connectivity index (χ1) is 18.4. The van der Waals surface area contributed by atoms with Crippen molar-refractivity contribution in [2.75, 3.05) is 0 Å². The van der Waals surface area contributed by atoms with Gasteiger partial charge in [0.2, 0.25) is 0 Å². The molecule has 3 heterocycles. The quantitative estimate of drug-likeness (QED) is 0.224. The lowest BCUT2D eigenvalue weighted by molar-refractivity contribution is 0.672. The Morgan fingerprint density at radius 1 is 0.486 bits per heavy atom. The number of hydrogen-bond donors (Lipinski definition) is 0. The Balaban J connectivity index is 1.46.